The molecule has 0 unspecified atom stereocenters. The van der Waals surface area contributed by atoms with Crippen LogP contribution in [0.5, 0.6) is 5.75 Å². The molecule has 0 aromatic carbocycles. The largest absolute Gasteiger partial charge is 0.498 e. The molecule has 1 aromatic rings. The van der Waals surface area contributed by atoms with Crippen molar-refractivity contribution in [1.82, 2.24) is 4.98 Å². The van der Waals surface area contributed by atoms with Crippen molar-refractivity contribution >= 4 is 18.3 Å². The van der Waals surface area contributed by atoms with Crippen LogP contribution in [0.1, 0.15) is 40.5 Å². The second kappa shape index (κ2) is 5.13. The summed E-state index contributed by atoms with van der Waals surface area (Å²) in [6, 6.07) is 0. The molecule has 1 aliphatic heterocycles. The van der Waals surface area contributed by atoms with Gasteiger partial charge in [0.05, 0.1) is 29.2 Å². The Labute approximate surface area is 133 Å². The van der Waals surface area contributed by atoms with Crippen LogP contribution in [0.4, 0.5) is 5.69 Å². The molecule has 0 N–H and O–H groups in total. The molecule has 0 atom stereocenters. The van der Waals surface area contributed by atoms with Gasteiger partial charge in [0.15, 0.2) is 5.75 Å². The minimum absolute atomic E-state index is 0.328. The Morgan fingerprint density at radius 3 is 2.23 bits per heavy atom. The lowest BCUT2D eigenvalue weighted by Crippen LogP contribution is -2.41. The third-order valence-corrected chi connectivity index (χ3v) is 4.68. The van der Waals surface area contributed by atoms with E-state index < -0.39 is 7.12 Å². The monoisotopic (exact) mass is 304 g/mol. The third-order valence-electron chi connectivity index (χ3n) is 4.68. The normalized spacial score (nSPS) is 22.7. The van der Waals surface area contributed by atoms with E-state index in [1.807, 2.05) is 25.2 Å². The van der Waals surface area contributed by atoms with Gasteiger partial charge in [0.25, 0.3) is 0 Å². The van der Waals surface area contributed by atoms with Crippen molar-refractivity contribution in [3.63, 3.8) is 0 Å². The van der Waals surface area contributed by atoms with E-state index in [1.54, 1.807) is 6.20 Å². The number of aromatic nitrogens is 1. The standard InChI is InChI=1S/C16H25BN2O3/c1-15(2)16(3,4)22-17(21-15)12-9-18-10-13(14(12)19(5)6)20-11-7-8-11/h9-11H,7-8H2,1-6H3. The van der Waals surface area contributed by atoms with E-state index in [9.17, 15) is 0 Å². The first-order valence-corrected chi connectivity index (χ1v) is 7.89. The highest BCUT2D eigenvalue weighted by atomic mass is 16.7. The summed E-state index contributed by atoms with van der Waals surface area (Å²) in [6.07, 6.45) is 6.16. The summed E-state index contributed by atoms with van der Waals surface area (Å²) in [5.74, 6) is 0.805. The summed E-state index contributed by atoms with van der Waals surface area (Å²) < 4.78 is 18.4. The van der Waals surface area contributed by atoms with Crippen LogP contribution in [-0.4, -0.2) is 43.5 Å². The second-order valence-electron chi connectivity index (χ2n) is 7.38. The first-order chi connectivity index (χ1) is 10.2. The number of pyridine rings is 1. The van der Waals surface area contributed by atoms with Crippen molar-refractivity contribution in [2.45, 2.75) is 57.8 Å². The summed E-state index contributed by atoms with van der Waals surface area (Å²) in [7, 11) is 3.57. The molecular weight excluding hydrogens is 279 g/mol. The second-order valence-corrected chi connectivity index (χ2v) is 7.38. The van der Waals surface area contributed by atoms with Gasteiger partial charge in [-0.3, -0.25) is 4.98 Å². The number of anilines is 1. The summed E-state index contributed by atoms with van der Waals surface area (Å²) in [6.45, 7) is 8.22. The molecule has 0 spiro atoms. The van der Waals surface area contributed by atoms with Gasteiger partial charge in [-0.1, -0.05) is 0 Å². The van der Waals surface area contributed by atoms with Crippen molar-refractivity contribution in [3.05, 3.63) is 12.4 Å². The van der Waals surface area contributed by atoms with Gasteiger partial charge in [0, 0.05) is 25.8 Å². The molecule has 22 heavy (non-hydrogen) atoms. The van der Waals surface area contributed by atoms with E-state index >= 15 is 0 Å². The molecule has 1 saturated carbocycles. The molecule has 120 valence electrons. The van der Waals surface area contributed by atoms with Gasteiger partial charge in [-0.05, 0) is 40.5 Å². The van der Waals surface area contributed by atoms with E-state index in [1.165, 1.54) is 0 Å². The lowest BCUT2D eigenvalue weighted by atomic mass is 9.78. The first kappa shape index (κ1) is 15.6. The minimum Gasteiger partial charge on any atom is -0.487 e. The topological polar surface area (TPSA) is 43.8 Å². The molecule has 0 bridgehead atoms. The maximum absolute atomic E-state index is 6.17. The summed E-state index contributed by atoms with van der Waals surface area (Å²) >= 11 is 0. The molecule has 1 aliphatic carbocycles. The van der Waals surface area contributed by atoms with Gasteiger partial charge < -0.3 is 18.9 Å². The van der Waals surface area contributed by atoms with E-state index in [0.717, 1.165) is 29.7 Å². The highest BCUT2D eigenvalue weighted by Gasteiger charge is 2.52. The molecule has 2 heterocycles. The van der Waals surface area contributed by atoms with Crippen molar-refractivity contribution in [1.29, 1.82) is 0 Å². The number of rotatable bonds is 4. The fraction of sp³-hybridized carbons (Fsp3) is 0.688. The van der Waals surface area contributed by atoms with Gasteiger partial charge in [0.1, 0.15) is 0 Å². The maximum atomic E-state index is 6.17. The smallest absolute Gasteiger partial charge is 0.487 e. The van der Waals surface area contributed by atoms with Crippen LogP contribution in [0.2, 0.25) is 0 Å². The molecule has 2 aliphatic rings. The van der Waals surface area contributed by atoms with Crippen LogP contribution >= 0.6 is 0 Å². The van der Waals surface area contributed by atoms with Crippen molar-refractivity contribution in [3.8, 4) is 5.75 Å². The summed E-state index contributed by atoms with van der Waals surface area (Å²) in [5, 5.41) is 0. The fourth-order valence-electron chi connectivity index (χ4n) is 2.52. The lowest BCUT2D eigenvalue weighted by Gasteiger charge is -2.32. The number of hydrogen-bond acceptors (Lipinski definition) is 5. The van der Waals surface area contributed by atoms with Crippen molar-refractivity contribution in [2.24, 2.45) is 0 Å². The van der Waals surface area contributed by atoms with Gasteiger partial charge in [-0.25, -0.2) is 0 Å². The zero-order valence-corrected chi connectivity index (χ0v) is 14.3. The fourth-order valence-corrected chi connectivity index (χ4v) is 2.52. The maximum Gasteiger partial charge on any atom is 0.498 e. The van der Waals surface area contributed by atoms with Gasteiger partial charge >= 0.3 is 7.12 Å². The number of ether oxygens (including phenoxy) is 1. The average Bonchev–Trinajstić information content (AvgIpc) is 3.16. The van der Waals surface area contributed by atoms with Crippen LogP contribution in [0.3, 0.4) is 0 Å². The molecule has 1 saturated heterocycles. The van der Waals surface area contributed by atoms with Crippen LogP contribution in [-0.2, 0) is 9.31 Å². The van der Waals surface area contributed by atoms with Crippen LogP contribution < -0.4 is 15.1 Å². The predicted octanol–water partition coefficient (Wildman–Crippen LogP) is 1.99. The Morgan fingerprint density at radius 2 is 1.73 bits per heavy atom. The molecule has 6 heteroatoms. The molecule has 2 fully saturated rings. The van der Waals surface area contributed by atoms with Gasteiger partial charge in [0.2, 0.25) is 0 Å². The summed E-state index contributed by atoms with van der Waals surface area (Å²) in [5.41, 5.74) is 1.17. The Hall–Kier alpha value is -1.27. The number of hydrogen-bond donors (Lipinski definition) is 0. The highest BCUT2D eigenvalue weighted by Crippen LogP contribution is 2.38. The Kier molecular flexibility index (Phi) is 3.65. The van der Waals surface area contributed by atoms with E-state index in [2.05, 4.69) is 32.7 Å². The molecule has 3 rings (SSSR count). The zero-order valence-electron chi connectivity index (χ0n) is 14.3. The molecular formula is C16H25BN2O3. The van der Waals surface area contributed by atoms with Gasteiger partial charge in [-0.2, -0.15) is 0 Å². The van der Waals surface area contributed by atoms with Crippen molar-refractivity contribution < 1.29 is 14.0 Å². The quantitative estimate of drug-likeness (QED) is 0.796. The zero-order chi connectivity index (χ0) is 16.1. The molecule has 1 aromatic heterocycles. The van der Waals surface area contributed by atoms with E-state index in [-0.39, 0.29) is 11.2 Å². The number of nitrogens with zero attached hydrogens (tertiary/aromatic N) is 2. The SMILES string of the molecule is CN(C)c1c(OC2CC2)cncc1B1OC(C)(C)C(C)(C)O1. The minimum atomic E-state index is -0.433. The van der Waals surface area contributed by atoms with E-state index in [4.69, 9.17) is 14.0 Å². The predicted molar refractivity (Wildman–Crippen MR) is 87.9 cm³/mol. The Morgan fingerprint density at radius 1 is 1.14 bits per heavy atom. The van der Waals surface area contributed by atoms with E-state index in [0.29, 0.717) is 6.10 Å². The molecule has 0 amide bonds. The summed E-state index contributed by atoms with van der Waals surface area (Å²) in [4.78, 5) is 6.38. The lowest BCUT2D eigenvalue weighted by molar-refractivity contribution is 0.00578. The average molecular weight is 304 g/mol. The van der Waals surface area contributed by atoms with Crippen LogP contribution in [0.25, 0.3) is 0 Å². The Balaban J connectivity index is 1.96. The van der Waals surface area contributed by atoms with Crippen molar-refractivity contribution in [2.75, 3.05) is 19.0 Å². The van der Waals surface area contributed by atoms with Crippen LogP contribution in [0.15, 0.2) is 12.4 Å². The van der Waals surface area contributed by atoms with Crippen LogP contribution in [0, 0.1) is 0 Å². The Bertz CT molecular complexity index is 555. The molecule has 0 radical (unpaired) electrons. The highest BCUT2D eigenvalue weighted by molar-refractivity contribution is 6.64. The first-order valence-electron chi connectivity index (χ1n) is 7.89. The molecule has 5 nitrogen and oxygen atoms in total. The van der Waals surface area contributed by atoms with Gasteiger partial charge in [-0.15, -0.1) is 0 Å². The third kappa shape index (κ3) is 2.70.